The molecule has 0 atom stereocenters. The summed E-state index contributed by atoms with van der Waals surface area (Å²) in [4.78, 5) is 16.5. The molecule has 0 spiro atoms. The van der Waals surface area contributed by atoms with Crippen molar-refractivity contribution in [3.63, 3.8) is 0 Å². The minimum atomic E-state index is -4.42. The second-order valence-corrected chi connectivity index (χ2v) is 6.48. The number of alkyl halides is 3. The number of amides is 1. The lowest BCUT2D eigenvalue weighted by Crippen LogP contribution is -2.23. The van der Waals surface area contributed by atoms with Crippen molar-refractivity contribution in [2.75, 3.05) is 0 Å². The first-order chi connectivity index (χ1) is 12.3. The quantitative estimate of drug-likeness (QED) is 0.729. The number of nitrogens with one attached hydrogen (secondary N) is 1. The predicted octanol–water partition coefficient (Wildman–Crippen LogP) is 4.36. The smallest absolute Gasteiger partial charge is 0.361 e. The summed E-state index contributed by atoms with van der Waals surface area (Å²) in [5.74, 6) is 0.143. The summed E-state index contributed by atoms with van der Waals surface area (Å²) >= 11 is 1.27. The van der Waals surface area contributed by atoms with Crippen LogP contribution in [-0.4, -0.2) is 16.0 Å². The van der Waals surface area contributed by atoms with Crippen LogP contribution in [0.15, 0.2) is 34.2 Å². The summed E-state index contributed by atoms with van der Waals surface area (Å²) in [7, 11) is 0. The molecule has 0 saturated heterocycles. The van der Waals surface area contributed by atoms with Gasteiger partial charge in [-0.05, 0) is 31.5 Å². The predicted molar refractivity (Wildman–Crippen MR) is 89.7 cm³/mol. The van der Waals surface area contributed by atoms with Crippen LogP contribution in [0.1, 0.15) is 33.1 Å². The average Bonchev–Trinajstić information content (AvgIpc) is 3.19. The van der Waals surface area contributed by atoms with E-state index in [0.29, 0.717) is 22.0 Å². The number of benzene rings is 1. The molecule has 0 bridgehead atoms. The summed E-state index contributed by atoms with van der Waals surface area (Å²) in [6.07, 6.45) is -4.42. The van der Waals surface area contributed by atoms with E-state index >= 15 is 0 Å². The normalized spacial score (nSPS) is 11.6. The van der Waals surface area contributed by atoms with Gasteiger partial charge < -0.3 is 9.84 Å². The molecule has 3 aromatic rings. The SMILES string of the molecule is Cc1noc(C)c1-c1nc(C(=O)NCc2cccc(C(F)(F)F)c2)cs1. The summed E-state index contributed by atoms with van der Waals surface area (Å²) < 4.78 is 43.3. The molecule has 0 unspecified atom stereocenters. The van der Waals surface area contributed by atoms with Gasteiger partial charge >= 0.3 is 6.18 Å². The van der Waals surface area contributed by atoms with E-state index in [1.165, 1.54) is 23.5 Å². The molecule has 0 aliphatic rings. The molecule has 0 saturated carbocycles. The minimum absolute atomic E-state index is 0.0269. The Morgan fingerprint density at radius 2 is 2.08 bits per heavy atom. The molecule has 0 radical (unpaired) electrons. The second-order valence-electron chi connectivity index (χ2n) is 5.62. The van der Waals surface area contributed by atoms with E-state index in [9.17, 15) is 18.0 Å². The Hall–Kier alpha value is -2.68. The molecule has 1 N–H and O–H groups in total. The van der Waals surface area contributed by atoms with E-state index in [-0.39, 0.29) is 12.2 Å². The van der Waals surface area contributed by atoms with E-state index in [0.717, 1.165) is 17.7 Å². The van der Waals surface area contributed by atoms with Gasteiger partial charge in [-0.3, -0.25) is 4.79 Å². The molecule has 26 heavy (non-hydrogen) atoms. The number of thiazole rings is 1. The van der Waals surface area contributed by atoms with Gasteiger partial charge in [0.2, 0.25) is 0 Å². The monoisotopic (exact) mass is 381 g/mol. The number of hydrogen-bond donors (Lipinski definition) is 1. The van der Waals surface area contributed by atoms with Gasteiger partial charge in [-0.25, -0.2) is 4.98 Å². The lowest BCUT2D eigenvalue weighted by atomic mass is 10.1. The van der Waals surface area contributed by atoms with Crippen molar-refractivity contribution in [2.45, 2.75) is 26.6 Å². The van der Waals surface area contributed by atoms with Crippen LogP contribution in [0.4, 0.5) is 13.2 Å². The van der Waals surface area contributed by atoms with Gasteiger partial charge in [-0.2, -0.15) is 13.2 Å². The third kappa shape index (κ3) is 3.77. The molecule has 0 fully saturated rings. The van der Waals surface area contributed by atoms with E-state index in [1.54, 1.807) is 19.2 Å². The van der Waals surface area contributed by atoms with Gasteiger partial charge in [0.1, 0.15) is 16.5 Å². The van der Waals surface area contributed by atoms with Crippen molar-refractivity contribution in [1.82, 2.24) is 15.5 Å². The number of aryl methyl sites for hydroxylation is 2. The van der Waals surface area contributed by atoms with Crippen molar-refractivity contribution in [3.05, 3.63) is 57.9 Å². The standard InChI is InChI=1S/C17H14F3N3O2S/c1-9-14(10(2)25-23-9)16-22-13(8-26-16)15(24)21-7-11-4-3-5-12(6-11)17(18,19)20/h3-6,8H,7H2,1-2H3,(H,21,24). The summed E-state index contributed by atoms with van der Waals surface area (Å²) in [6, 6.07) is 4.83. The molecule has 0 aliphatic heterocycles. The fourth-order valence-corrected chi connectivity index (χ4v) is 3.36. The molecular formula is C17H14F3N3O2S. The highest BCUT2D eigenvalue weighted by molar-refractivity contribution is 7.13. The van der Waals surface area contributed by atoms with Crippen molar-refractivity contribution >= 4 is 17.2 Å². The van der Waals surface area contributed by atoms with Crippen LogP contribution in [0.5, 0.6) is 0 Å². The Balaban J connectivity index is 1.70. The Morgan fingerprint density at radius 1 is 1.31 bits per heavy atom. The zero-order valence-electron chi connectivity index (χ0n) is 13.8. The number of nitrogens with zero attached hydrogens (tertiary/aromatic N) is 2. The van der Waals surface area contributed by atoms with E-state index in [2.05, 4.69) is 15.5 Å². The van der Waals surface area contributed by atoms with Crippen LogP contribution >= 0.6 is 11.3 Å². The number of rotatable bonds is 4. The van der Waals surface area contributed by atoms with Crippen molar-refractivity contribution in [2.24, 2.45) is 0 Å². The molecular weight excluding hydrogens is 367 g/mol. The first-order valence-corrected chi connectivity index (χ1v) is 8.47. The molecule has 9 heteroatoms. The van der Waals surface area contributed by atoms with Gasteiger partial charge in [0, 0.05) is 11.9 Å². The van der Waals surface area contributed by atoms with Gasteiger partial charge in [0.25, 0.3) is 5.91 Å². The number of aromatic nitrogens is 2. The molecule has 0 aliphatic carbocycles. The highest BCUT2D eigenvalue weighted by Crippen LogP contribution is 2.30. The minimum Gasteiger partial charge on any atom is -0.361 e. The van der Waals surface area contributed by atoms with Gasteiger partial charge in [0.15, 0.2) is 0 Å². The third-order valence-electron chi connectivity index (χ3n) is 3.69. The molecule has 3 rings (SSSR count). The van der Waals surface area contributed by atoms with Gasteiger partial charge in [-0.1, -0.05) is 17.3 Å². The van der Waals surface area contributed by atoms with Crippen LogP contribution in [0.3, 0.4) is 0 Å². The fraction of sp³-hybridized carbons (Fsp3) is 0.235. The van der Waals surface area contributed by atoms with E-state index in [4.69, 9.17) is 4.52 Å². The zero-order chi connectivity index (χ0) is 18.9. The van der Waals surface area contributed by atoms with Crippen LogP contribution in [0, 0.1) is 13.8 Å². The summed E-state index contributed by atoms with van der Waals surface area (Å²) in [6.45, 7) is 3.51. The van der Waals surface area contributed by atoms with Crippen LogP contribution in [-0.2, 0) is 12.7 Å². The van der Waals surface area contributed by atoms with Crippen molar-refractivity contribution < 1.29 is 22.5 Å². The Labute approximate surface area is 150 Å². The maximum absolute atomic E-state index is 12.7. The van der Waals surface area contributed by atoms with E-state index in [1.807, 2.05) is 0 Å². The fourth-order valence-electron chi connectivity index (χ4n) is 2.41. The molecule has 1 aromatic carbocycles. The highest BCUT2D eigenvalue weighted by atomic mass is 32.1. The van der Waals surface area contributed by atoms with E-state index < -0.39 is 17.6 Å². The lowest BCUT2D eigenvalue weighted by molar-refractivity contribution is -0.137. The maximum Gasteiger partial charge on any atom is 0.416 e. The van der Waals surface area contributed by atoms with Crippen molar-refractivity contribution in [3.8, 4) is 10.6 Å². The molecule has 136 valence electrons. The number of hydrogen-bond acceptors (Lipinski definition) is 5. The summed E-state index contributed by atoms with van der Waals surface area (Å²) in [5, 5.41) is 8.62. The average molecular weight is 381 g/mol. The number of halogens is 3. The Morgan fingerprint density at radius 3 is 2.73 bits per heavy atom. The van der Waals surface area contributed by atoms with Crippen molar-refractivity contribution in [1.29, 1.82) is 0 Å². The Kier molecular flexibility index (Phi) is 4.82. The van der Waals surface area contributed by atoms with Crippen LogP contribution < -0.4 is 5.32 Å². The van der Waals surface area contributed by atoms with Gasteiger partial charge in [-0.15, -0.1) is 11.3 Å². The molecule has 2 aromatic heterocycles. The topological polar surface area (TPSA) is 68.0 Å². The Bertz CT molecular complexity index is 927. The first-order valence-electron chi connectivity index (χ1n) is 7.59. The summed E-state index contributed by atoms with van der Waals surface area (Å²) in [5.41, 5.74) is 1.21. The lowest BCUT2D eigenvalue weighted by Gasteiger charge is -2.09. The van der Waals surface area contributed by atoms with Gasteiger partial charge in [0.05, 0.1) is 16.8 Å². The molecule has 2 heterocycles. The first kappa shape index (κ1) is 18.1. The van der Waals surface area contributed by atoms with Crippen LogP contribution in [0.25, 0.3) is 10.6 Å². The number of carbonyl (C=O) groups excluding carboxylic acids is 1. The number of carbonyl (C=O) groups is 1. The maximum atomic E-state index is 12.7. The molecule has 1 amide bonds. The largest absolute Gasteiger partial charge is 0.416 e. The molecule has 5 nitrogen and oxygen atoms in total. The highest BCUT2D eigenvalue weighted by Gasteiger charge is 2.30. The zero-order valence-corrected chi connectivity index (χ0v) is 14.7. The van der Waals surface area contributed by atoms with Crippen LogP contribution in [0.2, 0.25) is 0 Å². The second kappa shape index (κ2) is 6.91. The third-order valence-corrected chi connectivity index (χ3v) is 4.55.